The van der Waals surface area contributed by atoms with Gasteiger partial charge in [-0.1, -0.05) is 6.07 Å². The van der Waals surface area contributed by atoms with Gasteiger partial charge in [-0.3, -0.25) is 0 Å². The smallest absolute Gasteiger partial charge is 0.213 e. The van der Waals surface area contributed by atoms with Gasteiger partial charge >= 0.3 is 0 Å². The summed E-state index contributed by atoms with van der Waals surface area (Å²) in [6.45, 7) is 0. The minimum Gasteiger partial charge on any atom is -0.399 e. The number of nitrogen functional groups attached to an aromatic ring is 1. The fraction of sp³-hybridized carbons (Fsp3) is 0. The van der Waals surface area contributed by atoms with Gasteiger partial charge in [-0.25, -0.2) is 4.98 Å². The second kappa shape index (κ2) is 2.44. The van der Waals surface area contributed by atoms with Crippen molar-refractivity contribution in [1.82, 2.24) is 4.98 Å². The molecular weight excluding hydrogens is 155 g/mol. The topological polar surface area (TPSA) is 38.9 Å². The summed E-state index contributed by atoms with van der Waals surface area (Å²) in [4.78, 5) is 3.53. The highest BCUT2D eigenvalue weighted by molar-refractivity contribution is 5.84. The van der Waals surface area contributed by atoms with Gasteiger partial charge in [-0.15, -0.1) is 0 Å². The maximum atomic E-state index is 12.6. The zero-order valence-electron chi connectivity index (χ0n) is 6.29. The summed E-state index contributed by atoms with van der Waals surface area (Å²) < 4.78 is 12.6. The molecular formula is C9H7FN2. The summed E-state index contributed by atoms with van der Waals surface area (Å²) in [5.74, 6) is -0.479. The molecule has 2 aromatic rings. The molecule has 0 spiro atoms. The first kappa shape index (κ1) is 7.03. The normalized spacial score (nSPS) is 10.4. The largest absolute Gasteiger partial charge is 0.399 e. The van der Waals surface area contributed by atoms with Gasteiger partial charge in [0, 0.05) is 23.3 Å². The SMILES string of the molecule is Nc1ccc2cnc(F)cc2c1. The van der Waals surface area contributed by atoms with Crippen LogP contribution in [0.5, 0.6) is 0 Å². The number of nitrogens with zero attached hydrogens (tertiary/aromatic N) is 1. The number of rotatable bonds is 0. The number of hydrogen-bond donors (Lipinski definition) is 1. The Kier molecular flexibility index (Phi) is 1.43. The molecule has 0 aliphatic rings. The van der Waals surface area contributed by atoms with Crippen LogP contribution < -0.4 is 5.73 Å². The van der Waals surface area contributed by atoms with Crippen LogP contribution in [0.1, 0.15) is 0 Å². The molecule has 0 amide bonds. The highest BCUT2D eigenvalue weighted by Crippen LogP contribution is 2.16. The number of nitrogens with two attached hydrogens (primary N) is 1. The summed E-state index contributed by atoms with van der Waals surface area (Å²) in [6.07, 6.45) is 1.49. The third kappa shape index (κ3) is 1.09. The van der Waals surface area contributed by atoms with E-state index in [0.717, 1.165) is 10.8 Å². The second-order valence-electron chi connectivity index (χ2n) is 2.61. The number of hydrogen-bond acceptors (Lipinski definition) is 2. The molecule has 12 heavy (non-hydrogen) atoms. The first-order chi connectivity index (χ1) is 5.75. The third-order valence-electron chi connectivity index (χ3n) is 1.71. The van der Waals surface area contributed by atoms with Crippen LogP contribution in [0.4, 0.5) is 10.1 Å². The Morgan fingerprint density at radius 2 is 2.00 bits per heavy atom. The number of pyridine rings is 1. The molecule has 0 unspecified atom stereocenters. The highest BCUT2D eigenvalue weighted by atomic mass is 19.1. The van der Waals surface area contributed by atoms with Gasteiger partial charge in [-0.05, 0) is 17.5 Å². The highest BCUT2D eigenvalue weighted by Gasteiger charge is 1.96. The van der Waals surface area contributed by atoms with E-state index in [0.29, 0.717) is 5.69 Å². The van der Waals surface area contributed by atoms with E-state index < -0.39 is 5.95 Å². The molecule has 2 N–H and O–H groups in total. The summed E-state index contributed by atoms with van der Waals surface area (Å²) in [6, 6.07) is 6.67. The molecule has 0 atom stereocenters. The Labute approximate surface area is 68.8 Å². The predicted octanol–water partition coefficient (Wildman–Crippen LogP) is 1.96. The van der Waals surface area contributed by atoms with Crippen molar-refractivity contribution in [3.05, 3.63) is 36.4 Å². The molecule has 3 heteroatoms. The number of halogens is 1. The monoisotopic (exact) mass is 162 g/mol. The molecule has 0 saturated carbocycles. The van der Waals surface area contributed by atoms with Gasteiger partial charge in [-0.2, -0.15) is 4.39 Å². The van der Waals surface area contributed by atoms with Crippen molar-refractivity contribution in [3.63, 3.8) is 0 Å². The van der Waals surface area contributed by atoms with Crippen molar-refractivity contribution in [1.29, 1.82) is 0 Å². The molecule has 0 fully saturated rings. The molecule has 2 nitrogen and oxygen atoms in total. The van der Waals surface area contributed by atoms with Gasteiger partial charge in [0.2, 0.25) is 5.95 Å². The zero-order chi connectivity index (χ0) is 8.55. The fourth-order valence-electron chi connectivity index (χ4n) is 1.13. The van der Waals surface area contributed by atoms with Crippen LogP contribution in [0.3, 0.4) is 0 Å². The van der Waals surface area contributed by atoms with Crippen LogP contribution in [0.25, 0.3) is 10.8 Å². The summed E-state index contributed by atoms with van der Waals surface area (Å²) in [7, 11) is 0. The number of fused-ring (bicyclic) bond motifs is 1. The van der Waals surface area contributed by atoms with Gasteiger partial charge in [0.05, 0.1) is 0 Å². The number of aromatic nitrogens is 1. The quantitative estimate of drug-likeness (QED) is 0.475. The van der Waals surface area contributed by atoms with Crippen molar-refractivity contribution < 1.29 is 4.39 Å². The lowest BCUT2D eigenvalue weighted by atomic mass is 10.1. The van der Waals surface area contributed by atoms with E-state index in [4.69, 9.17) is 5.73 Å². The van der Waals surface area contributed by atoms with Crippen LogP contribution in [-0.2, 0) is 0 Å². The maximum Gasteiger partial charge on any atom is 0.213 e. The molecule has 1 aromatic heterocycles. The molecule has 0 aliphatic carbocycles. The van der Waals surface area contributed by atoms with Crippen molar-refractivity contribution in [3.8, 4) is 0 Å². The van der Waals surface area contributed by atoms with Gasteiger partial charge in [0.15, 0.2) is 0 Å². The Hall–Kier alpha value is -1.64. The van der Waals surface area contributed by atoms with Gasteiger partial charge in [0.25, 0.3) is 0 Å². The molecule has 0 saturated heterocycles. The fourth-order valence-corrected chi connectivity index (χ4v) is 1.13. The lowest BCUT2D eigenvalue weighted by Crippen LogP contribution is -1.86. The van der Waals surface area contributed by atoms with E-state index >= 15 is 0 Å². The Morgan fingerprint density at radius 3 is 2.83 bits per heavy atom. The van der Waals surface area contributed by atoms with E-state index in [2.05, 4.69) is 4.98 Å². The van der Waals surface area contributed by atoms with E-state index in [1.807, 2.05) is 6.07 Å². The number of anilines is 1. The van der Waals surface area contributed by atoms with E-state index in [1.165, 1.54) is 12.3 Å². The van der Waals surface area contributed by atoms with Gasteiger partial charge in [0.1, 0.15) is 0 Å². The van der Waals surface area contributed by atoms with Crippen molar-refractivity contribution in [2.45, 2.75) is 0 Å². The molecule has 1 aromatic carbocycles. The third-order valence-corrected chi connectivity index (χ3v) is 1.71. The van der Waals surface area contributed by atoms with E-state index in [1.54, 1.807) is 12.1 Å². The first-order valence-electron chi connectivity index (χ1n) is 3.56. The summed E-state index contributed by atoms with van der Waals surface area (Å²) >= 11 is 0. The standard InChI is InChI=1S/C9H7FN2/c10-9-4-7-3-8(11)2-1-6(7)5-12-9/h1-5H,11H2. The Morgan fingerprint density at radius 1 is 1.17 bits per heavy atom. The van der Waals surface area contributed by atoms with Crippen LogP contribution in [-0.4, -0.2) is 4.98 Å². The molecule has 0 bridgehead atoms. The van der Waals surface area contributed by atoms with Crippen LogP contribution in [0.2, 0.25) is 0 Å². The van der Waals surface area contributed by atoms with Gasteiger partial charge < -0.3 is 5.73 Å². The number of benzene rings is 1. The van der Waals surface area contributed by atoms with Crippen LogP contribution in [0.15, 0.2) is 30.5 Å². The van der Waals surface area contributed by atoms with Crippen LogP contribution in [0, 0.1) is 5.95 Å². The maximum absolute atomic E-state index is 12.6. The molecule has 0 aliphatic heterocycles. The summed E-state index contributed by atoms with van der Waals surface area (Å²) in [5, 5.41) is 1.67. The summed E-state index contributed by atoms with van der Waals surface area (Å²) in [5.41, 5.74) is 6.16. The first-order valence-corrected chi connectivity index (χ1v) is 3.56. The lowest BCUT2D eigenvalue weighted by molar-refractivity contribution is 0.586. The molecule has 60 valence electrons. The average Bonchev–Trinajstić information content (AvgIpc) is 2.03. The minimum absolute atomic E-state index is 0.479. The zero-order valence-corrected chi connectivity index (χ0v) is 6.29. The van der Waals surface area contributed by atoms with Crippen LogP contribution >= 0.6 is 0 Å². The van der Waals surface area contributed by atoms with E-state index in [-0.39, 0.29) is 0 Å². The minimum atomic E-state index is -0.479. The Balaban J connectivity index is 2.80. The van der Waals surface area contributed by atoms with E-state index in [9.17, 15) is 4.39 Å². The van der Waals surface area contributed by atoms with Crippen molar-refractivity contribution in [2.75, 3.05) is 5.73 Å². The van der Waals surface area contributed by atoms with Crippen molar-refractivity contribution >= 4 is 16.5 Å². The Bertz CT molecular complexity index is 389. The second-order valence-corrected chi connectivity index (χ2v) is 2.61. The molecule has 1 heterocycles. The lowest BCUT2D eigenvalue weighted by Gasteiger charge is -1.97. The van der Waals surface area contributed by atoms with Crippen molar-refractivity contribution in [2.24, 2.45) is 0 Å². The molecule has 2 rings (SSSR count). The molecule has 0 radical (unpaired) electrons. The average molecular weight is 162 g/mol. The predicted molar refractivity (Wildman–Crippen MR) is 46.1 cm³/mol.